The summed E-state index contributed by atoms with van der Waals surface area (Å²) in [6.07, 6.45) is 17.9. The van der Waals surface area contributed by atoms with Crippen LogP contribution in [0.15, 0.2) is 35.5 Å². The van der Waals surface area contributed by atoms with Crippen LogP contribution >= 0.6 is 0 Å². The topological polar surface area (TPSA) is 147 Å². The number of benzene rings is 1. The number of unbranched alkanes of at least 4 members (excludes halogenated alkanes) is 3. The second-order valence-corrected chi connectivity index (χ2v) is 16.4. The highest BCUT2D eigenvalue weighted by molar-refractivity contribution is 6.00. The van der Waals surface area contributed by atoms with Crippen molar-refractivity contribution in [3.63, 3.8) is 0 Å². The van der Waals surface area contributed by atoms with Crippen LogP contribution in [0, 0.1) is 5.92 Å². The summed E-state index contributed by atoms with van der Waals surface area (Å²) in [5.74, 6) is 0.741. The van der Waals surface area contributed by atoms with E-state index in [4.69, 9.17) is 9.72 Å². The molecule has 1 aromatic carbocycles. The van der Waals surface area contributed by atoms with E-state index in [9.17, 15) is 19.2 Å². The Morgan fingerprint density at radius 1 is 0.891 bits per heavy atom. The average Bonchev–Trinajstić information content (AvgIpc) is 3.75. The van der Waals surface area contributed by atoms with E-state index in [1.54, 1.807) is 17.9 Å². The van der Waals surface area contributed by atoms with Gasteiger partial charge in [0.2, 0.25) is 17.7 Å². The maximum Gasteiger partial charge on any atom is 0.329 e. The summed E-state index contributed by atoms with van der Waals surface area (Å²) in [5, 5.41) is 3.62. The van der Waals surface area contributed by atoms with E-state index in [2.05, 4.69) is 31.3 Å². The van der Waals surface area contributed by atoms with Gasteiger partial charge in [-0.2, -0.15) is 0 Å². The van der Waals surface area contributed by atoms with Gasteiger partial charge in [0.05, 0.1) is 16.7 Å². The van der Waals surface area contributed by atoms with Crippen LogP contribution in [-0.4, -0.2) is 97.0 Å². The van der Waals surface area contributed by atoms with Crippen molar-refractivity contribution in [3.8, 4) is 0 Å². The quantitative estimate of drug-likeness (QED) is 0.153. The average molecular weight is 753 g/mol. The van der Waals surface area contributed by atoms with Crippen molar-refractivity contribution in [1.82, 2.24) is 39.2 Å². The minimum Gasteiger partial charge on any atom is -0.381 e. The number of rotatable bonds is 12. The SMILES string of the molecule is Cn1c(=O)n(C2CCC(=O)NC2=O)c2ccc(CCCCCCC(=O)N3CCN(C4CCC(Cc5ncnc6[nH]cc(C7CCOCC7)c56)CC4)CC3)cc21. The van der Waals surface area contributed by atoms with E-state index in [0.717, 1.165) is 107 Å². The Balaban J connectivity index is 0.735. The maximum absolute atomic E-state index is 13.1. The zero-order valence-electron chi connectivity index (χ0n) is 32.3. The zero-order chi connectivity index (χ0) is 37.9. The maximum atomic E-state index is 13.1. The molecule has 3 aliphatic heterocycles. The monoisotopic (exact) mass is 752 g/mol. The van der Waals surface area contributed by atoms with E-state index >= 15 is 0 Å². The molecular formula is C42H56N8O5. The number of imidazole rings is 1. The molecule has 1 saturated carbocycles. The third-order valence-electron chi connectivity index (χ3n) is 13.0. The molecule has 3 saturated heterocycles. The third kappa shape index (κ3) is 8.14. The molecule has 3 amide bonds. The molecule has 13 nitrogen and oxygen atoms in total. The fourth-order valence-corrected chi connectivity index (χ4v) is 9.77. The van der Waals surface area contributed by atoms with E-state index < -0.39 is 11.9 Å². The summed E-state index contributed by atoms with van der Waals surface area (Å²) in [7, 11) is 1.73. The number of aryl methyl sites for hydroxylation is 2. The number of hydrogen-bond donors (Lipinski definition) is 2. The van der Waals surface area contributed by atoms with Gasteiger partial charge in [-0.3, -0.25) is 33.7 Å². The Kier molecular flexibility index (Phi) is 11.5. The number of carbonyl (C=O) groups excluding carboxylic acids is 3. The Labute approximate surface area is 322 Å². The van der Waals surface area contributed by atoms with Gasteiger partial charge in [0.25, 0.3) is 0 Å². The van der Waals surface area contributed by atoms with Crippen LogP contribution in [0.3, 0.4) is 0 Å². The predicted molar refractivity (Wildman–Crippen MR) is 210 cm³/mol. The van der Waals surface area contributed by atoms with Crippen LogP contribution in [0.5, 0.6) is 0 Å². The molecule has 13 heteroatoms. The van der Waals surface area contributed by atoms with Gasteiger partial charge in [0.15, 0.2) is 0 Å². The van der Waals surface area contributed by atoms with Gasteiger partial charge in [0.1, 0.15) is 18.0 Å². The molecular weight excluding hydrogens is 697 g/mol. The molecule has 1 aliphatic carbocycles. The summed E-state index contributed by atoms with van der Waals surface area (Å²) in [6, 6.07) is 5.93. The van der Waals surface area contributed by atoms with Gasteiger partial charge in [-0.1, -0.05) is 18.9 Å². The van der Waals surface area contributed by atoms with Crippen LogP contribution in [0.4, 0.5) is 0 Å². The summed E-state index contributed by atoms with van der Waals surface area (Å²) in [5.41, 5.74) is 5.96. The highest BCUT2D eigenvalue weighted by Gasteiger charge is 2.32. The molecule has 1 atom stereocenters. The molecule has 0 bridgehead atoms. The highest BCUT2D eigenvalue weighted by Crippen LogP contribution is 2.36. The third-order valence-corrected chi connectivity index (χ3v) is 13.0. The molecule has 4 aromatic rings. The molecule has 1 unspecified atom stereocenters. The predicted octanol–water partition coefficient (Wildman–Crippen LogP) is 4.92. The second kappa shape index (κ2) is 16.8. The lowest BCUT2D eigenvalue weighted by Crippen LogP contribution is -2.52. The van der Waals surface area contributed by atoms with Crippen LogP contribution in [0.1, 0.15) is 112 Å². The lowest BCUT2D eigenvalue weighted by Gasteiger charge is -2.42. The largest absolute Gasteiger partial charge is 0.381 e. The van der Waals surface area contributed by atoms with Crippen LogP contribution in [0.2, 0.25) is 0 Å². The van der Waals surface area contributed by atoms with Crippen molar-refractivity contribution in [2.75, 3.05) is 39.4 Å². The van der Waals surface area contributed by atoms with Crippen molar-refractivity contribution < 1.29 is 19.1 Å². The summed E-state index contributed by atoms with van der Waals surface area (Å²) >= 11 is 0. The van der Waals surface area contributed by atoms with Crippen LogP contribution in [0.25, 0.3) is 22.1 Å². The number of carbonyl (C=O) groups is 3. The Morgan fingerprint density at radius 3 is 2.45 bits per heavy atom. The van der Waals surface area contributed by atoms with Gasteiger partial charge in [0, 0.05) is 76.9 Å². The van der Waals surface area contributed by atoms with Crippen molar-refractivity contribution >= 4 is 39.8 Å². The number of aromatic amines is 1. The van der Waals surface area contributed by atoms with Gasteiger partial charge in [-0.25, -0.2) is 14.8 Å². The Morgan fingerprint density at radius 2 is 1.67 bits per heavy atom. The number of piperazine rings is 1. The zero-order valence-corrected chi connectivity index (χ0v) is 32.3. The summed E-state index contributed by atoms with van der Waals surface area (Å²) in [4.78, 5) is 67.8. The molecule has 0 spiro atoms. The van der Waals surface area contributed by atoms with E-state index in [-0.39, 0.29) is 23.9 Å². The smallest absolute Gasteiger partial charge is 0.329 e. The van der Waals surface area contributed by atoms with Crippen LogP contribution in [-0.2, 0) is 39.0 Å². The first-order chi connectivity index (χ1) is 26.8. The van der Waals surface area contributed by atoms with Crippen molar-refractivity contribution in [2.45, 2.75) is 114 Å². The highest BCUT2D eigenvalue weighted by atomic mass is 16.5. The Bertz CT molecular complexity index is 2060. The van der Waals surface area contributed by atoms with Gasteiger partial charge < -0.3 is 14.6 Å². The summed E-state index contributed by atoms with van der Waals surface area (Å²) in [6.45, 7) is 5.26. The number of amides is 3. The fourth-order valence-electron chi connectivity index (χ4n) is 9.77. The van der Waals surface area contributed by atoms with Gasteiger partial charge >= 0.3 is 5.69 Å². The van der Waals surface area contributed by atoms with Crippen molar-refractivity contribution in [3.05, 3.63) is 58.0 Å². The second-order valence-electron chi connectivity index (χ2n) is 16.4. The number of nitrogens with zero attached hydrogens (tertiary/aromatic N) is 6. The number of H-pyrrole nitrogens is 1. The van der Waals surface area contributed by atoms with Crippen LogP contribution < -0.4 is 11.0 Å². The van der Waals surface area contributed by atoms with Gasteiger partial charge in [-0.05, 0) is 106 Å². The lowest BCUT2D eigenvalue weighted by atomic mass is 9.81. The molecule has 6 heterocycles. The number of aromatic nitrogens is 5. The molecule has 3 aromatic heterocycles. The molecule has 294 valence electrons. The molecule has 8 rings (SSSR count). The Hall–Kier alpha value is -4.36. The number of imide groups is 1. The first-order valence-electron chi connectivity index (χ1n) is 20.8. The standard InChI is InChI=1S/C42H56N8O5/c1-47-36-25-28(10-13-34(36)50(42(47)54)35-14-15-37(51)46-41(35)53)6-4-2-3-5-7-38(52)49-20-18-48(19-21-49)31-11-8-29(9-12-31)24-33-39-32(30-16-22-55-23-17-30)26-43-40(39)45-27-44-33/h10,13,25-27,29-31,35H,2-9,11-12,14-24H2,1H3,(H,43,44,45)(H,46,51,53). The minimum absolute atomic E-state index is 0.227. The van der Waals surface area contributed by atoms with E-state index in [1.165, 1.54) is 46.9 Å². The number of ether oxygens (including phenoxy) is 1. The fraction of sp³-hybridized carbons (Fsp3) is 0.619. The summed E-state index contributed by atoms with van der Waals surface area (Å²) < 4.78 is 8.73. The van der Waals surface area contributed by atoms with Gasteiger partial charge in [-0.15, -0.1) is 0 Å². The van der Waals surface area contributed by atoms with Crippen molar-refractivity contribution in [2.24, 2.45) is 13.0 Å². The normalized spacial score (nSPS) is 23.1. The number of piperidine rings is 1. The molecule has 2 N–H and O–H groups in total. The number of nitrogens with one attached hydrogen (secondary N) is 2. The first-order valence-corrected chi connectivity index (χ1v) is 20.8. The molecule has 4 aliphatic rings. The van der Waals surface area contributed by atoms with Crippen molar-refractivity contribution in [1.29, 1.82) is 0 Å². The minimum atomic E-state index is -0.674. The lowest BCUT2D eigenvalue weighted by molar-refractivity contribution is -0.136. The first kappa shape index (κ1) is 37.6. The molecule has 55 heavy (non-hydrogen) atoms. The molecule has 0 radical (unpaired) electrons. The van der Waals surface area contributed by atoms with E-state index in [0.29, 0.717) is 36.2 Å². The van der Waals surface area contributed by atoms with E-state index in [1.807, 2.05) is 18.2 Å². The number of fused-ring (bicyclic) bond motifs is 2. The number of hydrogen-bond acceptors (Lipinski definition) is 8. The molecule has 4 fully saturated rings.